The first-order valence-electron chi connectivity index (χ1n) is 5.43. The van der Waals surface area contributed by atoms with Crippen molar-refractivity contribution in [3.63, 3.8) is 0 Å². The molecule has 1 unspecified atom stereocenters. The van der Waals surface area contributed by atoms with E-state index in [1.807, 2.05) is 0 Å². The molecular weight excluding hydrogens is 223 g/mol. The Labute approximate surface area is 99.6 Å². The molecule has 0 bridgehead atoms. The van der Waals surface area contributed by atoms with Crippen molar-refractivity contribution in [1.82, 2.24) is 5.32 Å². The summed E-state index contributed by atoms with van der Waals surface area (Å²) in [7, 11) is 0. The Morgan fingerprint density at radius 3 is 2.76 bits per heavy atom. The third kappa shape index (κ3) is 3.71. The number of carbonyl (C=O) groups is 1. The van der Waals surface area contributed by atoms with Gasteiger partial charge < -0.3 is 16.2 Å². The summed E-state index contributed by atoms with van der Waals surface area (Å²) < 4.78 is 13.4. The average Bonchev–Trinajstić information content (AvgIpc) is 2.24. The van der Waals surface area contributed by atoms with E-state index < -0.39 is 17.8 Å². The molecule has 1 amide bonds. The van der Waals surface area contributed by atoms with Crippen LogP contribution in [0.5, 0.6) is 0 Å². The number of rotatable bonds is 4. The molecule has 1 rings (SSSR count). The van der Waals surface area contributed by atoms with Crippen LogP contribution in [-0.4, -0.2) is 23.7 Å². The maximum atomic E-state index is 13.4. The van der Waals surface area contributed by atoms with Gasteiger partial charge in [0.05, 0.1) is 6.10 Å². The van der Waals surface area contributed by atoms with Gasteiger partial charge >= 0.3 is 0 Å². The van der Waals surface area contributed by atoms with Crippen molar-refractivity contribution >= 4 is 11.6 Å². The van der Waals surface area contributed by atoms with Crippen LogP contribution in [0, 0.1) is 12.7 Å². The Morgan fingerprint density at radius 2 is 2.24 bits per heavy atom. The van der Waals surface area contributed by atoms with Gasteiger partial charge in [-0.15, -0.1) is 0 Å². The molecular formula is C12H17FN2O2. The van der Waals surface area contributed by atoms with Crippen molar-refractivity contribution in [2.24, 2.45) is 0 Å². The maximum Gasteiger partial charge on any atom is 0.251 e. The van der Waals surface area contributed by atoms with E-state index in [2.05, 4.69) is 5.32 Å². The van der Waals surface area contributed by atoms with Gasteiger partial charge in [0.1, 0.15) is 5.82 Å². The molecule has 1 aromatic carbocycles. The molecule has 1 atom stereocenters. The van der Waals surface area contributed by atoms with Crippen molar-refractivity contribution in [3.05, 3.63) is 29.1 Å². The lowest BCUT2D eigenvalue weighted by Crippen LogP contribution is -2.26. The number of amides is 1. The van der Waals surface area contributed by atoms with E-state index >= 15 is 0 Å². The van der Waals surface area contributed by atoms with E-state index in [0.717, 1.165) is 6.07 Å². The second kappa shape index (κ2) is 5.63. The Morgan fingerprint density at radius 1 is 1.59 bits per heavy atom. The Kier molecular flexibility index (Phi) is 4.45. The van der Waals surface area contributed by atoms with Crippen molar-refractivity contribution < 1.29 is 14.3 Å². The molecule has 0 aliphatic rings. The van der Waals surface area contributed by atoms with Gasteiger partial charge in [0, 0.05) is 23.4 Å². The number of hydrogen-bond donors (Lipinski definition) is 3. The normalized spacial score (nSPS) is 12.2. The fourth-order valence-electron chi connectivity index (χ4n) is 1.33. The summed E-state index contributed by atoms with van der Waals surface area (Å²) >= 11 is 0. The summed E-state index contributed by atoms with van der Waals surface area (Å²) in [5.74, 6) is -0.887. The lowest BCUT2D eigenvalue weighted by Gasteiger charge is -2.09. The zero-order valence-corrected chi connectivity index (χ0v) is 9.96. The predicted octanol–water partition coefficient (Wildman–Crippen LogP) is 1.22. The molecule has 0 saturated heterocycles. The molecule has 1 aromatic rings. The number of nitrogens with two attached hydrogens (primary N) is 1. The van der Waals surface area contributed by atoms with Crippen LogP contribution in [0.1, 0.15) is 29.3 Å². The summed E-state index contributed by atoms with van der Waals surface area (Å²) in [5.41, 5.74) is 6.36. The number of aliphatic hydroxyl groups is 1. The summed E-state index contributed by atoms with van der Waals surface area (Å²) in [5, 5.41) is 11.6. The van der Waals surface area contributed by atoms with Gasteiger partial charge in [0.2, 0.25) is 0 Å². The predicted molar refractivity (Wildman–Crippen MR) is 64.2 cm³/mol. The van der Waals surface area contributed by atoms with Gasteiger partial charge in [-0.3, -0.25) is 4.79 Å². The highest BCUT2D eigenvalue weighted by Crippen LogP contribution is 2.17. The number of carbonyl (C=O) groups excluding carboxylic acids is 1. The van der Waals surface area contributed by atoms with Crippen molar-refractivity contribution in [1.29, 1.82) is 0 Å². The highest BCUT2D eigenvalue weighted by Gasteiger charge is 2.10. The highest BCUT2D eigenvalue weighted by molar-refractivity contribution is 5.95. The third-order valence-corrected chi connectivity index (χ3v) is 2.49. The summed E-state index contributed by atoms with van der Waals surface area (Å²) in [6, 6.07) is 2.60. The molecule has 4 nitrogen and oxygen atoms in total. The van der Waals surface area contributed by atoms with Gasteiger partial charge in [0.15, 0.2) is 0 Å². The summed E-state index contributed by atoms with van der Waals surface area (Å²) in [6.07, 6.45) is -0.0228. The van der Waals surface area contributed by atoms with Crippen LogP contribution in [0.15, 0.2) is 12.1 Å². The number of halogens is 1. The first kappa shape index (κ1) is 13.4. The van der Waals surface area contributed by atoms with E-state index in [1.54, 1.807) is 13.8 Å². The minimum atomic E-state index is -0.495. The van der Waals surface area contributed by atoms with Gasteiger partial charge in [0.25, 0.3) is 5.91 Å². The largest absolute Gasteiger partial charge is 0.398 e. The molecule has 5 heteroatoms. The number of nitrogen functional groups attached to an aromatic ring is 1. The van der Waals surface area contributed by atoms with Crippen LogP contribution < -0.4 is 11.1 Å². The zero-order chi connectivity index (χ0) is 13.0. The van der Waals surface area contributed by atoms with Crippen LogP contribution in [-0.2, 0) is 0 Å². The van der Waals surface area contributed by atoms with Crippen LogP contribution in [0.25, 0.3) is 0 Å². The van der Waals surface area contributed by atoms with Crippen LogP contribution >= 0.6 is 0 Å². The second-order valence-corrected chi connectivity index (χ2v) is 4.07. The van der Waals surface area contributed by atoms with E-state index in [-0.39, 0.29) is 11.3 Å². The van der Waals surface area contributed by atoms with Crippen LogP contribution in [0.2, 0.25) is 0 Å². The van der Waals surface area contributed by atoms with E-state index in [4.69, 9.17) is 10.8 Å². The van der Waals surface area contributed by atoms with Gasteiger partial charge in [-0.25, -0.2) is 4.39 Å². The third-order valence-electron chi connectivity index (χ3n) is 2.49. The molecule has 0 aliphatic carbocycles. The monoisotopic (exact) mass is 240 g/mol. The molecule has 17 heavy (non-hydrogen) atoms. The smallest absolute Gasteiger partial charge is 0.251 e. The van der Waals surface area contributed by atoms with Gasteiger partial charge in [-0.2, -0.15) is 0 Å². The topological polar surface area (TPSA) is 75.4 Å². The molecule has 0 aromatic heterocycles. The standard InChI is InChI=1S/C12H17FN2O2/c1-7(16)3-4-15-12(17)9-5-10(13)8(2)11(14)6-9/h5-7,16H,3-4,14H2,1-2H3,(H,15,17). The van der Waals surface area contributed by atoms with Gasteiger partial charge in [-0.05, 0) is 32.4 Å². The lowest BCUT2D eigenvalue weighted by atomic mass is 10.1. The van der Waals surface area contributed by atoms with Crippen molar-refractivity contribution in [2.45, 2.75) is 26.4 Å². The molecule has 4 N–H and O–H groups in total. The quantitative estimate of drug-likeness (QED) is 0.692. The molecule has 0 radical (unpaired) electrons. The molecule has 0 saturated carbocycles. The zero-order valence-electron chi connectivity index (χ0n) is 9.96. The van der Waals surface area contributed by atoms with Crippen LogP contribution in [0.4, 0.5) is 10.1 Å². The second-order valence-electron chi connectivity index (χ2n) is 4.07. The Balaban J connectivity index is 2.70. The SMILES string of the molecule is Cc1c(N)cc(C(=O)NCCC(C)O)cc1F. The average molecular weight is 240 g/mol. The molecule has 94 valence electrons. The first-order valence-corrected chi connectivity index (χ1v) is 5.43. The number of benzene rings is 1. The molecule has 0 heterocycles. The molecule has 0 fully saturated rings. The van der Waals surface area contributed by atoms with E-state index in [9.17, 15) is 9.18 Å². The minimum Gasteiger partial charge on any atom is -0.398 e. The van der Waals surface area contributed by atoms with Crippen LogP contribution in [0.3, 0.4) is 0 Å². The van der Waals surface area contributed by atoms with Crippen molar-refractivity contribution in [3.8, 4) is 0 Å². The maximum absolute atomic E-state index is 13.4. The fraction of sp³-hybridized carbons (Fsp3) is 0.417. The minimum absolute atomic E-state index is 0.191. The van der Waals surface area contributed by atoms with E-state index in [1.165, 1.54) is 6.07 Å². The Hall–Kier alpha value is -1.62. The fourth-order valence-corrected chi connectivity index (χ4v) is 1.33. The Bertz CT molecular complexity index is 396. The number of aliphatic hydroxyl groups excluding tert-OH is 1. The number of hydrogen-bond acceptors (Lipinski definition) is 3. The van der Waals surface area contributed by atoms with Crippen molar-refractivity contribution in [2.75, 3.05) is 12.3 Å². The first-order chi connectivity index (χ1) is 7.91. The number of anilines is 1. The highest BCUT2D eigenvalue weighted by atomic mass is 19.1. The number of nitrogens with one attached hydrogen (secondary N) is 1. The molecule has 0 aliphatic heterocycles. The van der Waals surface area contributed by atoms with E-state index in [0.29, 0.717) is 18.5 Å². The summed E-state index contributed by atoms with van der Waals surface area (Å²) in [4.78, 5) is 11.6. The molecule has 0 spiro atoms. The lowest BCUT2D eigenvalue weighted by molar-refractivity contribution is 0.0945. The van der Waals surface area contributed by atoms with Gasteiger partial charge in [-0.1, -0.05) is 0 Å². The summed E-state index contributed by atoms with van der Waals surface area (Å²) in [6.45, 7) is 3.53.